The summed E-state index contributed by atoms with van der Waals surface area (Å²) >= 11 is 0. The fraction of sp³-hybridized carbons (Fsp3) is 0.125. The quantitative estimate of drug-likeness (QED) is 0.725. The Morgan fingerprint density at radius 1 is 1.25 bits per heavy atom. The van der Waals surface area contributed by atoms with Gasteiger partial charge >= 0.3 is 5.97 Å². The topological polar surface area (TPSA) is 68.8 Å². The summed E-state index contributed by atoms with van der Waals surface area (Å²) in [6.07, 6.45) is 0. The van der Waals surface area contributed by atoms with E-state index in [4.69, 9.17) is 5.11 Å². The Balaban J connectivity index is 0. The maximum absolute atomic E-state index is 10.3. The van der Waals surface area contributed by atoms with Gasteiger partial charge < -0.3 is 10.6 Å². The average Bonchev–Trinajstić information content (AvgIpc) is 1.88. The summed E-state index contributed by atoms with van der Waals surface area (Å²) in [5.41, 5.74) is 1.41. The Hall–Kier alpha value is -1.06. The van der Waals surface area contributed by atoms with Gasteiger partial charge in [0.2, 0.25) is 0 Å². The van der Waals surface area contributed by atoms with Gasteiger partial charge in [0.25, 0.3) is 0 Å². The number of rotatable bonds is 1. The highest BCUT2D eigenvalue weighted by atomic mass is 35.5. The van der Waals surface area contributed by atoms with E-state index >= 15 is 0 Å². The minimum Gasteiger partial charge on any atom is -0.478 e. The van der Waals surface area contributed by atoms with Crippen molar-refractivity contribution in [3.05, 3.63) is 35.4 Å². The van der Waals surface area contributed by atoms with E-state index in [2.05, 4.69) is 0 Å². The molecule has 4 heteroatoms. The van der Waals surface area contributed by atoms with Crippen LogP contribution in [0.15, 0.2) is 24.3 Å². The number of carbonyl (C=O) groups is 1. The zero-order valence-electron chi connectivity index (χ0n) is 6.57. The van der Waals surface area contributed by atoms with Crippen LogP contribution in [-0.2, 0) is 0 Å². The molecule has 0 atom stereocenters. The molecule has 0 fully saturated rings. The third kappa shape index (κ3) is 3.37. The SMILES string of the molecule is Cc1ccc(C(=O)O)cc1.Cl.O. The van der Waals surface area contributed by atoms with Crippen molar-refractivity contribution in [1.82, 2.24) is 0 Å². The first-order valence-electron chi connectivity index (χ1n) is 3.00. The second-order valence-electron chi connectivity index (χ2n) is 2.17. The zero-order chi connectivity index (χ0) is 7.56. The van der Waals surface area contributed by atoms with Crippen LogP contribution in [0.1, 0.15) is 15.9 Å². The molecule has 0 aromatic heterocycles. The zero-order valence-corrected chi connectivity index (χ0v) is 7.39. The van der Waals surface area contributed by atoms with E-state index in [0.717, 1.165) is 5.56 Å². The first-order chi connectivity index (χ1) is 4.70. The predicted octanol–water partition coefficient (Wildman–Crippen LogP) is 1.29. The number of halogens is 1. The third-order valence-corrected chi connectivity index (χ3v) is 1.30. The Morgan fingerprint density at radius 2 is 1.67 bits per heavy atom. The molecule has 12 heavy (non-hydrogen) atoms. The van der Waals surface area contributed by atoms with Crippen molar-refractivity contribution in [2.24, 2.45) is 0 Å². The molecule has 1 aromatic rings. The number of benzene rings is 1. The molecule has 0 radical (unpaired) electrons. The van der Waals surface area contributed by atoms with Gasteiger partial charge in [0.15, 0.2) is 0 Å². The standard InChI is InChI=1S/C8H8O2.ClH.H2O/c1-6-2-4-7(5-3-6)8(9)10;;/h2-5H,1H3,(H,9,10);1H;1H2. The molecule has 0 spiro atoms. The Kier molecular flexibility index (Phi) is 6.28. The molecule has 0 aliphatic heterocycles. The van der Waals surface area contributed by atoms with Crippen molar-refractivity contribution in [2.45, 2.75) is 6.92 Å². The molecule has 0 unspecified atom stereocenters. The molecule has 68 valence electrons. The lowest BCUT2D eigenvalue weighted by Gasteiger charge is -1.92. The largest absolute Gasteiger partial charge is 0.478 e. The Morgan fingerprint density at radius 3 is 2.00 bits per heavy atom. The van der Waals surface area contributed by atoms with Gasteiger partial charge in [-0.25, -0.2) is 4.79 Å². The second kappa shape index (κ2) is 5.57. The summed E-state index contributed by atoms with van der Waals surface area (Å²) in [5, 5.41) is 8.48. The van der Waals surface area contributed by atoms with Crippen molar-refractivity contribution >= 4 is 18.4 Å². The van der Waals surface area contributed by atoms with E-state index in [-0.39, 0.29) is 17.9 Å². The summed E-state index contributed by atoms with van der Waals surface area (Å²) in [4.78, 5) is 10.3. The van der Waals surface area contributed by atoms with Gasteiger partial charge in [-0.1, -0.05) is 17.7 Å². The van der Waals surface area contributed by atoms with Crippen LogP contribution in [0.25, 0.3) is 0 Å². The molecular weight excluding hydrogens is 180 g/mol. The van der Waals surface area contributed by atoms with Crippen LogP contribution >= 0.6 is 12.4 Å². The normalized spacial score (nSPS) is 7.75. The number of aromatic carboxylic acids is 1. The van der Waals surface area contributed by atoms with Gasteiger partial charge in [0.05, 0.1) is 5.56 Å². The molecule has 3 nitrogen and oxygen atoms in total. The lowest BCUT2D eigenvalue weighted by atomic mass is 10.2. The minimum atomic E-state index is -0.875. The Labute approximate surface area is 76.8 Å². The van der Waals surface area contributed by atoms with Gasteiger partial charge in [-0.05, 0) is 19.1 Å². The highest BCUT2D eigenvalue weighted by Gasteiger charge is 1.98. The minimum absolute atomic E-state index is 0. The van der Waals surface area contributed by atoms with Crippen molar-refractivity contribution in [3.8, 4) is 0 Å². The maximum atomic E-state index is 10.3. The molecule has 0 heterocycles. The molecule has 0 aliphatic rings. The van der Waals surface area contributed by atoms with Crippen LogP contribution in [0, 0.1) is 6.92 Å². The van der Waals surface area contributed by atoms with Gasteiger partial charge in [-0.2, -0.15) is 0 Å². The van der Waals surface area contributed by atoms with Crippen molar-refractivity contribution in [3.63, 3.8) is 0 Å². The average molecular weight is 191 g/mol. The monoisotopic (exact) mass is 190 g/mol. The van der Waals surface area contributed by atoms with Gasteiger partial charge in [-0.15, -0.1) is 12.4 Å². The fourth-order valence-corrected chi connectivity index (χ4v) is 0.696. The predicted molar refractivity (Wildman–Crippen MR) is 49.0 cm³/mol. The van der Waals surface area contributed by atoms with Crippen molar-refractivity contribution in [1.29, 1.82) is 0 Å². The lowest BCUT2D eigenvalue weighted by molar-refractivity contribution is 0.0697. The molecule has 1 rings (SSSR count). The summed E-state index contributed by atoms with van der Waals surface area (Å²) in [7, 11) is 0. The van der Waals surface area contributed by atoms with E-state index in [0.29, 0.717) is 5.56 Å². The fourth-order valence-electron chi connectivity index (χ4n) is 0.696. The van der Waals surface area contributed by atoms with E-state index < -0.39 is 5.97 Å². The van der Waals surface area contributed by atoms with Crippen LogP contribution in [0.4, 0.5) is 0 Å². The molecule has 0 saturated heterocycles. The third-order valence-electron chi connectivity index (χ3n) is 1.30. The first kappa shape index (κ1) is 13.5. The number of carboxylic acids is 1. The number of carboxylic acid groups (broad SMARTS) is 1. The van der Waals surface area contributed by atoms with E-state index in [1.54, 1.807) is 24.3 Å². The molecule has 1 aromatic carbocycles. The van der Waals surface area contributed by atoms with Gasteiger partial charge in [0, 0.05) is 0 Å². The van der Waals surface area contributed by atoms with Crippen molar-refractivity contribution in [2.75, 3.05) is 0 Å². The van der Waals surface area contributed by atoms with Crippen LogP contribution in [0.5, 0.6) is 0 Å². The van der Waals surface area contributed by atoms with Crippen LogP contribution in [0.3, 0.4) is 0 Å². The summed E-state index contributed by atoms with van der Waals surface area (Å²) < 4.78 is 0. The molecule has 0 aliphatic carbocycles. The summed E-state index contributed by atoms with van der Waals surface area (Å²) in [6.45, 7) is 1.92. The highest BCUT2D eigenvalue weighted by molar-refractivity contribution is 5.87. The summed E-state index contributed by atoms with van der Waals surface area (Å²) in [6, 6.07) is 6.75. The van der Waals surface area contributed by atoms with Crippen molar-refractivity contribution < 1.29 is 15.4 Å². The molecule has 0 bridgehead atoms. The second-order valence-corrected chi connectivity index (χ2v) is 2.17. The summed E-state index contributed by atoms with van der Waals surface area (Å²) in [5.74, 6) is -0.875. The molecule has 0 amide bonds. The number of hydrogen-bond donors (Lipinski definition) is 1. The number of hydrogen-bond acceptors (Lipinski definition) is 1. The van der Waals surface area contributed by atoms with Crippen LogP contribution in [0.2, 0.25) is 0 Å². The van der Waals surface area contributed by atoms with E-state index in [1.807, 2.05) is 6.92 Å². The van der Waals surface area contributed by atoms with E-state index in [1.165, 1.54) is 0 Å². The highest BCUT2D eigenvalue weighted by Crippen LogP contribution is 2.01. The molecular formula is C8H11ClO3. The molecule has 0 saturated carbocycles. The smallest absolute Gasteiger partial charge is 0.335 e. The molecule has 3 N–H and O–H groups in total. The van der Waals surface area contributed by atoms with Crippen LogP contribution in [-0.4, -0.2) is 16.6 Å². The lowest BCUT2D eigenvalue weighted by Crippen LogP contribution is -1.94. The maximum Gasteiger partial charge on any atom is 0.335 e. The first-order valence-corrected chi connectivity index (χ1v) is 3.00. The van der Waals surface area contributed by atoms with Crippen LogP contribution < -0.4 is 0 Å². The Bertz CT molecular complexity index is 243. The van der Waals surface area contributed by atoms with Gasteiger partial charge in [-0.3, -0.25) is 0 Å². The number of aryl methyl sites for hydroxylation is 1. The van der Waals surface area contributed by atoms with E-state index in [9.17, 15) is 4.79 Å². The van der Waals surface area contributed by atoms with Gasteiger partial charge in [0.1, 0.15) is 0 Å².